The van der Waals surface area contributed by atoms with Crippen LogP contribution in [0.4, 0.5) is 0 Å². The number of ether oxygens (including phenoxy) is 1. The molecule has 1 aliphatic rings. The third kappa shape index (κ3) is 13.6. The molecule has 12 nitrogen and oxygen atoms in total. The molecule has 6 unspecified atom stereocenters. The molecule has 1 saturated carbocycles. The van der Waals surface area contributed by atoms with Crippen LogP contribution in [0.1, 0.15) is 96.8 Å². The summed E-state index contributed by atoms with van der Waals surface area (Å²) in [5, 5.41) is 58.3. The monoisotopic (exact) mass is 572 g/mol. The molecule has 13 heteroatoms. The van der Waals surface area contributed by atoms with Crippen molar-refractivity contribution in [2.24, 2.45) is 0 Å². The lowest BCUT2D eigenvalue weighted by atomic mass is 9.85. The SMILES string of the molecule is CCCCCCCCCCCCCCCC(=O)OCC(CO)OP(=O)(O)OC1C(O)C(O)C(O)C(O)C1O. The van der Waals surface area contributed by atoms with Gasteiger partial charge in [-0.2, -0.15) is 0 Å². The normalized spacial score (nSPS) is 28.1. The van der Waals surface area contributed by atoms with E-state index in [0.717, 1.165) is 19.3 Å². The topological polar surface area (TPSA) is 203 Å². The minimum Gasteiger partial charge on any atom is -0.463 e. The van der Waals surface area contributed by atoms with Gasteiger partial charge in [0.25, 0.3) is 0 Å². The Morgan fingerprint density at radius 3 is 1.61 bits per heavy atom. The molecule has 38 heavy (non-hydrogen) atoms. The summed E-state index contributed by atoms with van der Waals surface area (Å²) in [4.78, 5) is 21.9. The summed E-state index contributed by atoms with van der Waals surface area (Å²) in [6, 6.07) is 0. The van der Waals surface area contributed by atoms with Crippen molar-refractivity contribution in [3.05, 3.63) is 0 Å². The van der Waals surface area contributed by atoms with Crippen molar-refractivity contribution < 1.29 is 58.7 Å². The lowest BCUT2D eigenvalue weighted by Crippen LogP contribution is -2.64. The predicted octanol–water partition coefficient (Wildman–Crippen LogP) is 1.69. The third-order valence-electron chi connectivity index (χ3n) is 6.73. The number of esters is 1. The number of carbonyl (C=O) groups excluding carboxylic acids is 1. The van der Waals surface area contributed by atoms with E-state index >= 15 is 0 Å². The molecule has 1 rings (SSSR count). The summed E-state index contributed by atoms with van der Waals surface area (Å²) in [7, 11) is -5.07. The maximum Gasteiger partial charge on any atom is 0.473 e. The summed E-state index contributed by atoms with van der Waals surface area (Å²) in [5.41, 5.74) is 0. The van der Waals surface area contributed by atoms with Crippen LogP contribution >= 0.6 is 7.82 Å². The highest BCUT2D eigenvalue weighted by atomic mass is 31.2. The molecular formula is C25H49O12P. The molecule has 0 aromatic carbocycles. The second-order valence-corrected chi connectivity index (χ2v) is 11.4. The molecule has 0 spiro atoms. The number of unbranched alkanes of at least 4 members (excludes halogenated alkanes) is 12. The number of rotatable bonds is 21. The maximum absolute atomic E-state index is 12.3. The zero-order valence-electron chi connectivity index (χ0n) is 22.5. The maximum atomic E-state index is 12.3. The third-order valence-corrected chi connectivity index (χ3v) is 7.80. The van der Waals surface area contributed by atoms with E-state index in [4.69, 9.17) is 13.8 Å². The zero-order valence-corrected chi connectivity index (χ0v) is 23.4. The fourth-order valence-corrected chi connectivity index (χ4v) is 5.46. The van der Waals surface area contributed by atoms with Gasteiger partial charge in [0.2, 0.25) is 0 Å². The van der Waals surface area contributed by atoms with E-state index in [1.807, 2.05) is 0 Å². The number of hydrogen-bond donors (Lipinski definition) is 7. The lowest BCUT2D eigenvalue weighted by molar-refractivity contribution is -0.220. The Kier molecular flexibility index (Phi) is 18.1. The zero-order chi connectivity index (χ0) is 28.6. The Bertz CT molecular complexity index is 665. The van der Waals surface area contributed by atoms with E-state index in [-0.39, 0.29) is 6.42 Å². The average molecular weight is 573 g/mol. The van der Waals surface area contributed by atoms with E-state index in [0.29, 0.717) is 6.42 Å². The van der Waals surface area contributed by atoms with Crippen LogP contribution < -0.4 is 0 Å². The van der Waals surface area contributed by atoms with Crippen LogP contribution in [0.25, 0.3) is 0 Å². The first-order valence-corrected chi connectivity index (χ1v) is 15.4. The van der Waals surface area contributed by atoms with Gasteiger partial charge in [-0.3, -0.25) is 13.8 Å². The van der Waals surface area contributed by atoms with Gasteiger partial charge in [-0.05, 0) is 6.42 Å². The number of aliphatic hydroxyl groups excluding tert-OH is 6. The Hall–Kier alpha value is -0.660. The van der Waals surface area contributed by atoms with Gasteiger partial charge in [0.15, 0.2) is 0 Å². The van der Waals surface area contributed by atoms with Crippen LogP contribution in [0.3, 0.4) is 0 Å². The van der Waals surface area contributed by atoms with Crippen molar-refractivity contribution in [2.75, 3.05) is 13.2 Å². The number of hydrogen-bond acceptors (Lipinski definition) is 11. The smallest absolute Gasteiger partial charge is 0.463 e. The molecule has 0 bridgehead atoms. The predicted molar refractivity (Wildman–Crippen MR) is 138 cm³/mol. The molecule has 0 saturated heterocycles. The van der Waals surface area contributed by atoms with Gasteiger partial charge in [0.1, 0.15) is 49.3 Å². The van der Waals surface area contributed by atoms with Crippen molar-refractivity contribution in [1.29, 1.82) is 0 Å². The largest absolute Gasteiger partial charge is 0.473 e. The Morgan fingerprint density at radius 2 is 1.16 bits per heavy atom. The fourth-order valence-electron chi connectivity index (χ4n) is 4.35. The minimum absolute atomic E-state index is 0.155. The lowest BCUT2D eigenvalue weighted by Gasteiger charge is -2.41. The van der Waals surface area contributed by atoms with E-state index < -0.39 is 69.7 Å². The summed E-state index contributed by atoms with van der Waals surface area (Å²) >= 11 is 0. The molecule has 0 amide bonds. The quantitative estimate of drug-likeness (QED) is 0.0596. The Morgan fingerprint density at radius 1 is 0.737 bits per heavy atom. The summed E-state index contributed by atoms with van der Waals surface area (Å²) in [6.45, 7) is 0.872. The molecule has 1 fully saturated rings. The molecular weight excluding hydrogens is 523 g/mol. The average Bonchev–Trinajstić information content (AvgIpc) is 2.89. The fraction of sp³-hybridized carbons (Fsp3) is 0.960. The number of carbonyl (C=O) groups is 1. The van der Waals surface area contributed by atoms with Gasteiger partial charge in [-0.1, -0.05) is 84.0 Å². The second kappa shape index (κ2) is 19.4. The van der Waals surface area contributed by atoms with Crippen molar-refractivity contribution in [3.8, 4) is 0 Å². The standard InChI is InChI=1S/C25H49O12P/c1-2-3-4-5-6-7-8-9-10-11-12-13-14-15-19(27)35-17-18(16-26)36-38(33,34)37-25-23(31)21(29)20(28)22(30)24(25)32/h18,20-26,28-32H,2-17H2,1H3,(H,33,34). The molecule has 0 aromatic rings. The highest BCUT2D eigenvalue weighted by Crippen LogP contribution is 2.48. The minimum atomic E-state index is -5.07. The summed E-state index contributed by atoms with van der Waals surface area (Å²) in [6.07, 6.45) is 2.11. The molecule has 226 valence electrons. The Balaban J connectivity index is 2.21. The first-order valence-electron chi connectivity index (χ1n) is 13.9. The Labute approximate surface area is 225 Å². The molecule has 0 aliphatic heterocycles. The van der Waals surface area contributed by atoms with E-state index in [2.05, 4.69) is 6.92 Å². The van der Waals surface area contributed by atoms with Crippen LogP contribution in [0.5, 0.6) is 0 Å². The van der Waals surface area contributed by atoms with E-state index in [1.54, 1.807) is 0 Å². The van der Waals surface area contributed by atoms with Gasteiger partial charge in [0.05, 0.1) is 6.61 Å². The van der Waals surface area contributed by atoms with Gasteiger partial charge >= 0.3 is 13.8 Å². The van der Waals surface area contributed by atoms with Crippen molar-refractivity contribution >= 4 is 13.8 Å². The molecule has 0 aromatic heterocycles. The number of phosphoric acid groups is 1. The van der Waals surface area contributed by atoms with Crippen molar-refractivity contribution in [1.82, 2.24) is 0 Å². The second-order valence-electron chi connectivity index (χ2n) is 10.1. The van der Waals surface area contributed by atoms with Crippen LogP contribution in [0.15, 0.2) is 0 Å². The highest BCUT2D eigenvalue weighted by molar-refractivity contribution is 7.47. The summed E-state index contributed by atoms with van der Waals surface area (Å²) < 4.78 is 26.8. The van der Waals surface area contributed by atoms with Gasteiger partial charge in [-0.25, -0.2) is 4.57 Å². The van der Waals surface area contributed by atoms with Crippen LogP contribution in [0.2, 0.25) is 0 Å². The first-order chi connectivity index (χ1) is 18.0. The molecule has 0 radical (unpaired) electrons. The van der Waals surface area contributed by atoms with E-state index in [1.165, 1.54) is 57.8 Å². The summed E-state index contributed by atoms with van der Waals surface area (Å²) in [5.74, 6) is -0.554. The van der Waals surface area contributed by atoms with E-state index in [9.17, 15) is 44.9 Å². The molecule has 1 aliphatic carbocycles. The number of phosphoric ester groups is 1. The van der Waals surface area contributed by atoms with Crippen molar-refractivity contribution in [3.63, 3.8) is 0 Å². The highest BCUT2D eigenvalue weighted by Gasteiger charge is 2.51. The van der Waals surface area contributed by atoms with Crippen LogP contribution in [-0.4, -0.2) is 97.4 Å². The van der Waals surface area contributed by atoms with Crippen LogP contribution in [0, 0.1) is 0 Å². The molecule has 6 atom stereocenters. The molecule has 7 N–H and O–H groups in total. The first kappa shape index (κ1) is 35.4. The molecule has 0 heterocycles. The van der Waals surface area contributed by atoms with Gasteiger partial charge in [-0.15, -0.1) is 0 Å². The van der Waals surface area contributed by atoms with Gasteiger partial charge < -0.3 is 40.3 Å². The van der Waals surface area contributed by atoms with Gasteiger partial charge in [0, 0.05) is 6.42 Å². The van der Waals surface area contributed by atoms with Crippen LogP contribution in [-0.2, 0) is 23.1 Å². The number of aliphatic hydroxyl groups is 6. The van der Waals surface area contributed by atoms with Crippen molar-refractivity contribution in [2.45, 2.75) is 140 Å².